The van der Waals surface area contributed by atoms with Crippen molar-refractivity contribution < 1.29 is 27.4 Å². The Kier molecular flexibility index (Phi) is 6.72. The minimum Gasteiger partial charge on any atom is -0.478 e. The fraction of sp³-hybridized carbons (Fsp3) is 0.520. The minimum absolute atomic E-state index is 0.151. The van der Waals surface area contributed by atoms with E-state index in [2.05, 4.69) is 20.3 Å². The van der Waals surface area contributed by atoms with Gasteiger partial charge < -0.3 is 24.1 Å². The van der Waals surface area contributed by atoms with E-state index in [0.717, 1.165) is 11.8 Å². The summed E-state index contributed by atoms with van der Waals surface area (Å²) in [7, 11) is 1.43. The summed E-state index contributed by atoms with van der Waals surface area (Å²) in [5.41, 5.74) is -0.419. The van der Waals surface area contributed by atoms with Crippen LogP contribution in [0.15, 0.2) is 24.7 Å². The van der Waals surface area contributed by atoms with E-state index in [-0.39, 0.29) is 36.0 Å². The largest absolute Gasteiger partial charge is 0.478 e. The number of ether oxygens (including phenoxy) is 2. The van der Waals surface area contributed by atoms with Crippen molar-refractivity contribution in [3.05, 3.63) is 35.9 Å². The van der Waals surface area contributed by atoms with Crippen molar-refractivity contribution in [2.75, 3.05) is 25.1 Å². The predicted octanol–water partition coefficient (Wildman–Crippen LogP) is 5.01. The summed E-state index contributed by atoms with van der Waals surface area (Å²) in [6.45, 7) is 9.55. The molecule has 3 aromatic rings. The van der Waals surface area contributed by atoms with E-state index in [1.165, 1.54) is 13.3 Å². The number of imidazole rings is 1. The molecule has 0 unspecified atom stereocenters. The SMILES string of the molecule is COc1nc(-c2cnc(N3CCC(C)(NC(=O)OC(C)(C)C)CC3)c(C(F)(F)F)c2)cn2cc(C)nc12. The lowest BCUT2D eigenvalue weighted by atomic mass is 9.89. The van der Waals surface area contributed by atoms with Gasteiger partial charge >= 0.3 is 12.3 Å². The Labute approximate surface area is 213 Å². The van der Waals surface area contributed by atoms with Gasteiger partial charge in [-0.2, -0.15) is 13.2 Å². The van der Waals surface area contributed by atoms with Gasteiger partial charge in [-0.3, -0.25) is 0 Å². The molecule has 0 radical (unpaired) electrons. The maximum absolute atomic E-state index is 14.2. The summed E-state index contributed by atoms with van der Waals surface area (Å²) in [6, 6.07) is 1.06. The van der Waals surface area contributed by atoms with Crippen LogP contribution in [0.2, 0.25) is 0 Å². The normalized spacial score (nSPS) is 16.1. The molecule has 0 aromatic carbocycles. The van der Waals surface area contributed by atoms with Crippen molar-refractivity contribution >= 4 is 17.6 Å². The lowest BCUT2D eigenvalue weighted by Crippen LogP contribution is -2.54. The molecule has 1 N–H and O–H groups in total. The molecule has 1 amide bonds. The first-order valence-electron chi connectivity index (χ1n) is 11.9. The molecule has 0 aliphatic carbocycles. The Morgan fingerprint density at radius 3 is 2.41 bits per heavy atom. The van der Waals surface area contributed by atoms with E-state index in [4.69, 9.17) is 9.47 Å². The maximum atomic E-state index is 14.2. The number of nitrogens with zero attached hydrogens (tertiary/aromatic N) is 5. The molecular formula is C25H31F3N6O3. The third-order valence-electron chi connectivity index (χ3n) is 6.16. The molecular weight excluding hydrogens is 489 g/mol. The lowest BCUT2D eigenvalue weighted by molar-refractivity contribution is -0.137. The number of hydrogen-bond donors (Lipinski definition) is 1. The minimum atomic E-state index is -4.63. The highest BCUT2D eigenvalue weighted by Gasteiger charge is 2.39. The summed E-state index contributed by atoms with van der Waals surface area (Å²) in [4.78, 5) is 26.8. The number of aryl methyl sites for hydroxylation is 1. The predicted molar refractivity (Wildman–Crippen MR) is 132 cm³/mol. The summed E-state index contributed by atoms with van der Waals surface area (Å²) < 4.78 is 54.9. The zero-order valence-corrected chi connectivity index (χ0v) is 21.7. The molecule has 3 aromatic heterocycles. The van der Waals surface area contributed by atoms with Crippen LogP contribution in [0.4, 0.5) is 23.8 Å². The van der Waals surface area contributed by atoms with Crippen LogP contribution >= 0.6 is 0 Å². The molecule has 200 valence electrons. The molecule has 0 bridgehead atoms. The standard InChI is InChI=1S/C25H31F3N6O3/c1-15-13-34-14-18(31-21(36-6)20(34)30-15)16-11-17(25(26,27)28)19(29-12-16)33-9-7-24(5,8-10-33)32-22(35)37-23(2,3)4/h11-14H,7-10H2,1-6H3,(H,32,35). The van der Waals surface area contributed by atoms with Crippen LogP contribution in [0.5, 0.6) is 5.88 Å². The van der Waals surface area contributed by atoms with Gasteiger partial charge in [-0.15, -0.1) is 0 Å². The summed E-state index contributed by atoms with van der Waals surface area (Å²) in [5, 5.41) is 2.87. The van der Waals surface area contributed by atoms with Crippen molar-refractivity contribution in [3.8, 4) is 17.1 Å². The number of carbonyl (C=O) groups is 1. The average molecular weight is 521 g/mol. The molecule has 1 aliphatic rings. The smallest absolute Gasteiger partial charge is 0.419 e. The second-order valence-corrected chi connectivity index (χ2v) is 10.5. The van der Waals surface area contributed by atoms with Crippen molar-refractivity contribution in [1.29, 1.82) is 0 Å². The van der Waals surface area contributed by atoms with Gasteiger partial charge in [0.05, 0.1) is 24.1 Å². The van der Waals surface area contributed by atoms with Crippen LogP contribution in [0.1, 0.15) is 51.8 Å². The van der Waals surface area contributed by atoms with Crippen molar-refractivity contribution in [1.82, 2.24) is 24.7 Å². The Balaban J connectivity index is 1.60. The van der Waals surface area contributed by atoms with Gasteiger partial charge in [0, 0.05) is 42.8 Å². The Morgan fingerprint density at radius 1 is 1.14 bits per heavy atom. The van der Waals surface area contributed by atoms with Gasteiger partial charge in [0.1, 0.15) is 11.4 Å². The number of alkyl carbamates (subject to hydrolysis) is 1. The van der Waals surface area contributed by atoms with E-state index in [0.29, 0.717) is 18.5 Å². The van der Waals surface area contributed by atoms with E-state index in [9.17, 15) is 18.0 Å². The van der Waals surface area contributed by atoms with E-state index < -0.39 is 29.0 Å². The molecule has 1 fully saturated rings. The third-order valence-corrected chi connectivity index (χ3v) is 6.16. The zero-order chi connectivity index (χ0) is 27.2. The topological polar surface area (TPSA) is 93.9 Å². The van der Waals surface area contributed by atoms with Crippen LogP contribution < -0.4 is 15.0 Å². The molecule has 1 aliphatic heterocycles. The van der Waals surface area contributed by atoms with Crippen LogP contribution in [0, 0.1) is 6.92 Å². The zero-order valence-electron chi connectivity index (χ0n) is 21.7. The number of hydrogen-bond acceptors (Lipinski definition) is 7. The molecule has 1 saturated heterocycles. The van der Waals surface area contributed by atoms with Gasteiger partial charge in [0.25, 0.3) is 5.88 Å². The molecule has 9 nitrogen and oxygen atoms in total. The van der Waals surface area contributed by atoms with Gasteiger partial charge in [0.2, 0.25) is 5.65 Å². The first-order valence-corrected chi connectivity index (χ1v) is 11.9. The number of halogens is 3. The molecule has 0 atom stereocenters. The number of amides is 1. The van der Waals surface area contributed by atoms with Gasteiger partial charge in [-0.1, -0.05) is 0 Å². The molecule has 0 saturated carbocycles. The van der Waals surface area contributed by atoms with Crippen LogP contribution in [0.3, 0.4) is 0 Å². The number of nitrogens with one attached hydrogen (secondary N) is 1. The van der Waals surface area contributed by atoms with E-state index in [1.807, 2.05) is 6.92 Å². The van der Waals surface area contributed by atoms with Crippen molar-refractivity contribution in [2.45, 2.75) is 64.8 Å². The highest BCUT2D eigenvalue weighted by atomic mass is 19.4. The summed E-state index contributed by atoms with van der Waals surface area (Å²) in [6.07, 6.45) is 0.414. The second-order valence-electron chi connectivity index (χ2n) is 10.5. The average Bonchev–Trinajstić information content (AvgIpc) is 3.16. The third kappa shape index (κ3) is 5.89. The van der Waals surface area contributed by atoms with Gasteiger partial charge in [-0.25, -0.2) is 19.7 Å². The molecule has 4 rings (SSSR count). The summed E-state index contributed by atoms with van der Waals surface area (Å²) >= 11 is 0. The second kappa shape index (κ2) is 9.38. The number of anilines is 1. The van der Waals surface area contributed by atoms with Gasteiger partial charge in [0.15, 0.2) is 0 Å². The lowest BCUT2D eigenvalue weighted by Gasteiger charge is -2.41. The Bertz CT molecular complexity index is 1310. The molecule has 4 heterocycles. The molecule has 12 heteroatoms. The quantitative estimate of drug-likeness (QED) is 0.517. The number of piperidine rings is 1. The van der Waals surface area contributed by atoms with E-state index in [1.54, 1.807) is 49.4 Å². The van der Waals surface area contributed by atoms with Crippen molar-refractivity contribution in [2.24, 2.45) is 0 Å². The van der Waals surface area contributed by atoms with Crippen molar-refractivity contribution in [3.63, 3.8) is 0 Å². The number of rotatable bonds is 4. The number of pyridine rings is 1. The monoisotopic (exact) mass is 520 g/mol. The van der Waals surface area contributed by atoms with E-state index >= 15 is 0 Å². The van der Waals surface area contributed by atoms with Crippen LogP contribution in [-0.2, 0) is 10.9 Å². The first-order chi connectivity index (χ1) is 17.2. The highest BCUT2D eigenvalue weighted by Crippen LogP contribution is 2.39. The first kappa shape index (κ1) is 26.5. The highest BCUT2D eigenvalue weighted by molar-refractivity contribution is 5.69. The molecule has 0 spiro atoms. The fourth-order valence-electron chi connectivity index (χ4n) is 4.31. The van der Waals surface area contributed by atoms with Crippen LogP contribution in [0.25, 0.3) is 16.9 Å². The maximum Gasteiger partial charge on any atom is 0.419 e. The number of fused-ring (bicyclic) bond motifs is 1. The summed E-state index contributed by atoms with van der Waals surface area (Å²) in [5.74, 6) is 0.0538. The Hall–Kier alpha value is -3.57. The Morgan fingerprint density at radius 2 is 1.81 bits per heavy atom. The van der Waals surface area contributed by atoms with Gasteiger partial charge in [-0.05, 0) is 53.5 Å². The number of carbonyl (C=O) groups excluding carboxylic acids is 1. The number of alkyl halides is 3. The number of aromatic nitrogens is 4. The molecule has 37 heavy (non-hydrogen) atoms. The van der Waals surface area contributed by atoms with Crippen LogP contribution in [-0.4, -0.2) is 56.8 Å². The number of methoxy groups -OCH3 is 1. The fourth-order valence-corrected chi connectivity index (χ4v) is 4.31.